The zero-order valence-corrected chi connectivity index (χ0v) is 20.8. The van der Waals surface area contributed by atoms with Gasteiger partial charge in [-0.2, -0.15) is 0 Å². The lowest BCUT2D eigenvalue weighted by Gasteiger charge is -2.24. The van der Waals surface area contributed by atoms with Gasteiger partial charge in [0.1, 0.15) is 28.7 Å². The number of ether oxygens (including phenoxy) is 2. The molecule has 0 radical (unpaired) electrons. The number of aromatic nitrogens is 1. The first-order chi connectivity index (χ1) is 17.9. The van der Waals surface area contributed by atoms with Crippen molar-refractivity contribution in [2.24, 2.45) is 0 Å². The van der Waals surface area contributed by atoms with E-state index in [0.29, 0.717) is 53.7 Å². The number of rotatable bonds is 8. The first-order valence-corrected chi connectivity index (χ1v) is 12.3. The van der Waals surface area contributed by atoms with Crippen LogP contribution in [0.2, 0.25) is 5.02 Å². The first kappa shape index (κ1) is 24.6. The van der Waals surface area contributed by atoms with Gasteiger partial charge in [-0.15, -0.1) is 0 Å². The number of carbonyl (C=O) groups is 2. The molecule has 8 heteroatoms. The molecule has 37 heavy (non-hydrogen) atoms. The SMILES string of the molecule is CCc1oc(CC(=O)c2ccc(Oc3cc4c(cc3Cl)C(C(=O)O)CCO4)cc2)nc1-c1ccccc1. The number of benzene rings is 3. The van der Waals surface area contributed by atoms with Crippen LogP contribution in [0.15, 0.2) is 71.1 Å². The number of carboxylic acid groups (broad SMARTS) is 1. The molecule has 0 aliphatic carbocycles. The second-order valence-electron chi connectivity index (χ2n) is 8.67. The van der Waals surface area contributed by atoms with Crippen LogP contribution in [0.4, 0.5) is 0 Å². The Labute approximate surface area is 218 Å². The number of nitrogens with zero attached hydrogens (tertiary/aromatic N) is 1. The smallest absolute Gasteiger partial charge is 0.311 e. The first-order valence-electron chi connectivity index (χ1n) is 12.0. The van der Waals surface area contributed by atoms with Gasteiger partial charge in [-0.05, 0) is 36.8 Å². The van der Waals surface area contributed by atoms with Crippen molar-refractivity contribution in [3.05, 3.63) is 94.5 Å². The molecule has 1 N–H and O–H groups in total. The van der Waals surface area contributed by atoms with Crippen LogP contribution in [0.1, 0.15) is 46.8 Å². The molecule has 4 aromatic rings. The summed E-state index contributed by atoms with van der Waals surface area (Å²) in [6, 6.07) is 19.6. The van der Waals surface area contributed by atoms with E-state index in [1.54, 1.807) is 36.4 Å². The van der Waals surface area contributed by atoms with E-state index < -0.39 is 11.9 Å². The van der Waals surface area contributed by atoms with Crippen LogP contribution in [0.3, 0.4) is 0 Å². The zero-order chi connectivity index (χ0) is 25.9. The fraction of sp³-hybridized carbons (Fsp3) is 0.207. The van der Waals surface area contributed by atoms with Gasteiger partial charge in [0.25, 0.3) is 0 Å². The Kier molecular flexibility index (Phi) is 6.97. The van der Waals surface area contributed by atoms with E-state index >= 15 is 0 Å². The third-order valence-corrected chi connectivity index (χ3v) is 6.52. The van der Waals surface area contributed by atoms with Crippen LogP contribution in [-0.2, 0) is 17.6 Å². The number of hydrogen-bond acceptors (Lipinski definition) is 6. The standard InChI is InChI=1S/C29H24ClNO6/c1-2-24-28(18-6-4-3-5-7-18)31-27(37-24)15-23(32)17-8-10-19(11-9-17)36-26-16-25-21(14-22(26)30)20(29(33)34)12-13-35-25/h3-11,14,16,20H,2,12-13,15H2,1H3,(H,33,34). The third-order valence-electron chi connectivity index (χ3n) is 6.23. The van der Waals surface area contributed by atoms with Gasteiger partial charge in [0.15, 0.2) is 5.78 Å². The molecule has 0 bridgehead atoms. The lowest BCUT2D eigenvalue weighted by atomic mass is 9.93. The van der Waals surface area contributed by atoms with Crippen LogP contribution in [0.5, 0.6) is 17.2 Å². The summed E-state index contributed by atoms with van der Waals surface area (Å²) in [5, 5.41) is 9.73. The van der Waals surface area contributed by atoms with Gasteiger partial charge in [-0.1, -0.05) is 48.9 Å². The molecule has 1 aliphatic heterocycles. The highest BCUT2D eigenvalue weighted by molar-refractivity contribution is 6.32. The van der Waals surface area contributed by atoms with Gasteiger partial charge in [0.2, 0.25) is 5.89 Å². The number of Topliss-reactive ketones (excluding diaryl/α,β-unsaturated/α-hetero) is 1. The number of aryl methyl sites for hydroxylation is 1. The molecule has 188 valence electrons. The molecule has 0 amide bonds. The van der Waals surface area contributed by atoms with Gasteiger partial charge in [-0.3, -0.25) is 9.59 Å². The maximum Gasteiger partial charge on any atom is 0.311 e. The summed E-state index contributed by atoms with van der Waals surface area (Å²) >= 11 is 6.38. The largest absolute Gasteiger partial charge is 0.493 e. The predicted octanol–water partition coefficient (Wildman–Crippen LogP) is 6.73. The molecule has 2 heterocycles. The van der Waals surface area contributed by atoms with E-state index in [0.717, 1.165) is 17.0 Å². The van der Waals surface area contributed by atoms with Crippen molar-refractivity contribution in [2.45, 2.75) is 32.1 Å². The van der Waals surface area contributed by atoms with Gasteiger partial charge in [0, 0.05) is 29.2 Å². The highest BCUT2D eigenvalue weighted by Crippen LogP contribution is 2.41. The Morgan fingerprint density at radius 3 is 2.57 bits per heavy atom. The Bertz CT molecular complexity index is 1450. The zero-order valence-electron chi connectivity index (χ0n) is 20.1. The van der Waals surface area contributed by atoms with E-state index in [1.807, 2.05) is 37.3 Å². The molecule has 1 atom stereocenters. The maximum atomic E-state index is 12.9. The Morgan fingerprint density at radius 1 is 1.11 bits per heavy atom. The molecule has 5 rings (SSSR count). The molecule has 3 aromatic carbocycles. The van der Waals surface area contributed by atoms with Crippen LogP contribution < -0.4 is 9.47 Å². The highest BCUT2D eigenvalue weighted by Gasteiger charge is 2.29. The molecular formula is C29H24ClNO6. The minimum atomic E-state index is -0.915. The van der Waals surface area contributed by atoms with E-state index in [2.05, 4.69) is 4.98 Å². The number of carbonyl (C=O) groups excluding carboxylic acids is 1. The van der Waals surface area contributed by atoms with Crippen molar-refractivity contribution >= 4 is 23.4 Å². The summed E-state index contributed by atoms with van der Waals surface area (Å²) in [6.07, 6.45) is 1.10. The monoisotopic (exact) mass is 517 g/mol. The summed E-state index contributed by atoms with van der Waals surface area (Å²) in [5.41, 5.74) is 2.74. The molecule has 0 fully saturated rings. The molecule has 1 unspecified atom stereocenters. The number of halogens is 1. The molecule has 7 nitrogen and oxygen atoms in total. The van der Waals surface area contributed by atoms with Crippen molar-refractivity contribution in [3.8, 4) is 28.5 Å². The van der Waals surface area contributed by atoms with Crippen molar-refractivity contribution < 1.29 is 28.6 Å². The number of hydrogen-bond donors (Lipinski definition) is 1. The predicted molar refractivity (Wildman–Crippen MR) is 138 cm³/mol. The second kappa shape index (κ2) is 10.5. The number of aliphatic carboxylic acids is 1. The van der Waals surface area contributed by atoms with E-state index in [-0.39, 0.29) is 17.2 Å². The van der Waals surface area contributed by atoms with E-state index in [1.165, 1.54) is 0 Å². The highest BCUT2D eigenvalue weighted by atomic mass is 35.5. The normalized spacial score (nSPS) is 14.5. The minimum absolute atomic E-state index is 0.0404. The second-order valence-corrected chi connectivity index (χ2v) is 9.08. The average molecular weight is 518 g/mol. The summed E-state index contributed by atoms with van der Waals surface area (Å²) < 4.78 is 17.4. The fourth-order valence-electron chi connectivity index (χ4n) is 4.34. The van der Waals surface area contributed by atoms with Gasteiger partial charge >= 0.3 is 5.97 Å². The molecule has 0 saturated carbocycles. The summed E-state index contributed by atoms with van der Waals surface area (Å²) in [6.45, 7) is 2.29. The van der Waals surface area contributed by atoms with E-state index in [4.69, 9.17) is 25.5 Å². The third kappa shape index (κ3) is 5.22. The lowest BCUT2D eigenvalue weighted by molar-refractivity contribution is -0.139. The maximum absolute atomic E-state index is 12.9. The molecule has 1 aromatic heterocycles. The van der Waals surface area contributed by atoms with Crippen LogP contribution in [-0.4, -0.2) is 28.4 Å². The average Bonchev–Trinajstić information content (AvgIpc) is 3.32. The molecule has 0 saturated heterocycles. The van der Waals surface area contributed by atoms with Crippen molar-refractivity contribution in [1.82, 2.24) is 4.98 Å². The number of fused-ring (bicyclic) bond motifs is 1. The Balaban J connectivity index is 1.29. The number of carboxylic acids is 1. The van der Waals surface area contributed by atoms with E-state index in [9.17, 15) is 14.7 Å². The molecule has 0 spiro atoms. The number of oxazole rings is 1. The van der Waals surface area contributed by atoms with Crippen molar-refractivity contribution in [1.29, 1.82) is 0 Å². The van der Waals surface area contributed by atoms with Crippen LogP contribution in [0, 0.1) is 0 Å². The van der Waals surface area contributed by atoms with Crippen LogP contribution in [0.25, 0.3) is 11.3 Å². The number of ketones is 1. The Hall–Kier alpha value is -4.10. The fourth-order valence-corrected chi connectivity index (χ4v) is 4.55. The quantitative estimate of drug-likeness (QED) is 0.259. The van der Waals surface area contributed by atoms with Gasteiger partial charge in [0.05, 0.1) is 24.0 Å². The minimum Gasteiger partial charge on any atom is -0.493 e. The topological polar surface area (TPSA) is 98.9 Å². The summed E-state index contributed by atoms with van der Waals surface area (Å²) in [4.78, 5) is 29.0. The van der Waals surface area contributed by atoms with Gasteiger partial charge < -0.3 is 19.0 Å². The van der Waals surface area contributed by atoms with Crippen molar-refractivity contribution in [2.75, 3.05) is 6.61 Å². The van der Waals surface area contributed by atoms with Gasteiger partial charge in [-0.25, -0.2) is 4.98 Å². The lowest BCUT2D eigenvalue weighted by Crippen LogP contribution is -2.20. The molecule has 1 aliphatic rings. The Morgan fingerprint density at radius 2 is 1.86 bits per heavy atom. The molecular weight excluding hydrogens is 494 g/mol. The summed E-state index contributed by atoms with van der Waals surface area (Å²) in [7, 11) is 0. The summed E-state index contributed by atoms with van der Waals surface area (Å²) in [5.74, 6) is 0.667. The van der Waals surface area contributed by atoms with Crippen molar-refractivity contribution in [3.63, 3.8) is 0 Å². The van der Waals surface area contributed by atoms with Crippen LogP contribution >= 0.6 is 11.6 Å².